The molecule has 5 nitrogen and oxygen atoms in total. The third kappa shape index (κ3) is 3.18. The van der Waals surface area contributed by atoms with Crippen LogP contribution in [0.1, 0.15) is 25.7 Å². The lowest BCUT2D eigenvalue weighted by Gasteiger charge is -2.31. The van der Waals surface area contributed by atoms with Crippen LogP contribution >= 0.6 is 0 Å². The Bertz CT molecular complexity index is 258. The predicted molar refractivity (Wildman–Crippen MR) is 63.7 cm³/mol. The zero-order valence-electron chi connectivity index (χ0n) is 10.3. The van der Waals surface area contributed by atoms with E-state index in [0.717, 1.165) is 25.7 Å². The van der Waals surface area contributed by atoms with Crippen molar-refractivity contribution in [2.24, 2.45) is 0 Å². The lowest BCUT2D eigenvalue weighted by Crippen LogP contribution is -2.52. The molecular formula is C12H22N2O3. The molecule has 2 N–H and O–H groups in total. The minimum absolute atomic E-state index is 0.119. The number of hydrogen-bond acceptors (Lipinski definition) is 4. The summed E-state index contributed by atoms with van der Waals surface area (Å²) in [5.74, 6) is 0.119. The van der Waals surface area contributed by atoms with Crippen molar-refractivity contribution in [2.45, 2.75) is 31.2 Å². The standard InChI is InChI=1S/C12H22N2O3/c15-10-12(3-1-2-4-12)13-9-11(16)14-5-7-17-8-6-14/h13,15H,1-10H2. The number of aliphatic hydroxyl groups excluding tert-OH is 1. The fraction of sp³-hybridized carbons (Fsp3) is 0.917. The van der Waals surface area contributed by atoms with Crippen LogP contribution in [0.4, 0.5) is 0 Å². The van der Waals surface area contributed by atoms with Gasteiger partial charge in [0.1, 0.15) is 0 Å². The number of hydrogen-bond donors (Lipinski definition) is 2. The van der Waals surface area contributed by atoms with Crippen LogP contribution in [0.5, 0.6) is 0 Å². The highest BCUT2D eigenvalue weighted by Crippen LogP contribution is 2.28. The fourth-order valence-electron chi connectivity index (χ4n) is 2.63. The molecule has 0 unspecified atom stereocenters. The Kier molecular flexibility index (Phi) is 4.36. The molecule has 0 radical (unpaired) electrons. The van der Waals surface area contributed by atoms with Crippen LogP contribution in [-0.4, -0.2) is 60.9 Å². The Morgan fingerprint density at radius 2 is 1.94 bits per heavy atom. The van der Waals surface area contributed by atoms with Gasteiger partial charge < -0.3 is 20.1 Å². The molecule has 98 valence electrons. The smallest absolute Gasteiger partial charge is 0.236 e. The van der Waals surface area contributed by atoms with Gasteiger partial charge in [0.05, 0.1) is 26.4 Å². The second-order valence-electron chi connectivity index (χ2n) is 4.99. The molecule has 0 aromatic rings. The van der Waals surface area contributed by atoms with Crippen LogP contribution in [0.25, 0.3) is 0 Å². The van der Waals surface area contributed by atoms with Gasteiger partial charge in [-0.05, 0) is 12.8 Å². The van der Waals surface area contributed by atoms with Crippen molar-refractivity contribution in [3.63, 3.8) is 0 Å². The monoisotopic (exact) mass is 242 g/mol. The Hall–Kier alpha value is -0.650. The van der Waals surface area contributed by atoms with E-state index in [1.54, 1.807) is 0 Å². The van der Waals surface area contributed by atoms with E-state index in [-0.39, 0.29) is 18.1 Å². The Morgan fingerprint density at radius 3 is 2.53 bits per heavy atom. The summed E-state index contributed by atoms with van der Waals surface area (Å²) in [6.45, 7) is 3.11. The topological polar surface area (TPSA) is 61.8 Å². The third-order valence-corrected chi connectivity index (χ3v) is 3.84. The first-order valence-electron chi connectivity index (χ1n) is 6.47. The third-order valence-electron chi connectivity index (χ3n) is 3.84. The van der Waals surface area contributed by atoms with Gasteiger partial charge >= 0.3 is 0 Å². The van der Waals surface area contributed by atoms with Gasteiger partial charge in [-0.25, -0.2) is 0 Å². The van der Waals surface area contributed by atoms with Crippen molar-refractivity contribution < 1.29 is 14.6 Å². The molecule has 0 aromatic heterocycles. The van der Waals surface area contributed by atoms with Crippen molar-refractivity contribution in [3.05, 3.63) is 0 Å². The lowest BCUT2D eigenvalue weighted by atomic mass is 9.99. The number of carbonyl (C=O) groups excluding carboxylic acids is 1. The molecule has 0 bridgehead atoms. The number of nitrogens with one attached hydrogen (secondary N) is 1. The first kappa shape index (κ1) is 12.8. The average molecular weight is 242 g/mol. The van der Waals surface area contributed by atoms with Gasteiger partial charge in [0.15, 0.2) is 0 Å². The number of ether oxygens (including phenoxy) is 1. The molecule has 17 heavy (non-hydrogen) atoms. The molecule has 1 heterocycles. The van der Waals surface area contributed by atoms with Crippen LogP contribution in [-0.2, 0) is 9.53 Å². The molecule has 5 heteroatoms. The van der Waals surface area contributed by atoms with Gasteiger partial charge in [-0.1, -0.05) is 12.8 Å². The maximum absolute atomic E-state index is 11.9. The molecule has 1 saturated carbocycles. The second-order valence-corrected chi connectivity index (χ2v) is 4.99. The average Bonchev–Trinajstić information content (AvgIpc) is 2.86. The van der Waals surface area contributed by atoms with Gasteiger partial charge in [-0.3, -0.25) is 4.79 Å². The minimum Gasteiger partial charge on any atom is -0.394 e. The quantitative estimate of drug-likeness (QED) is 0.713. The molecular weight excluding hydrogens is 220 g/mol. The first-order chi connectivity index (χ1) is 8.26. The molecule has 0 atom stereocenters. The maximum Gasteiger partial charge on any atom is 0.236 e. The van der Waals surface area contributed by atoms with Gasteiger partial charge in [0.25, 0.3) is 0 Å². The molecule has 1 saturated heterocycles. The van der Waals surface area contributed by atoms with Crippen LogP contribution in [0, 0.1) is 0 Å². The second kappa shape index (κ2) is 5.80. The van der Waals surface area contributed by atoms with E-state index in [1.807, 2.05) is 4.90 Å². The summed E-state index contributed by atoms with van der Waals surface area (Å²) >= 11 is 0. The van der Waals surface area contributed by atoms with Gasteiger partial charge in [0, 0.05) is 18.6 Å². The van der Waals surface area contributed by atoms with Crippen molar-refractivity contribution in [3.8, 4) is 0 Å². The van der Waals surface area contributed by atoms with Gasteiger partial charge in [0.2, 0.25) is 5.91 Å². The highest BCUT2D eigenvalue weighted by Gasteiger charge is 2.33. The van der Waals surface area contributed by atoms with E-state index >= 15 is 0 Å². The number of carbonyl (C=O) groups is 1. The summed E-state index contributed by atoms with van der Waals surface area (Å²) in [6, 6.07) is 0. The van der Waals surface area contributed by atoms with Crippen molar-refractivity contribution in [2.75, 3.05) is 39.5 Å². The summed E-state index contributed by atoms with van der Waals surface area (Å²) < 4.78 is 5.21. The highest BCUT2D eigenvalue weighted by molar-refractivity contribution is 5.78. The number of morpholine rings is 1. The number of aliphatic hydroxyl groups is 1. The summed E-state index contributed by atoms with van der Waals surface area (Å²) in [5, 5.41) is 12.7. The Labute approximate surface area is 102 Å². The molecule has 1 aliphatic carbocycles. The zero-order chi connectivity index (χ0) is 12.1. The first-order valence-corrected chi connectivity index (χ1v) is 6.47. The summed E-state index contributed by atoms with van der Waals surface area (Å²) in [4.78, 5) is 13.8. The summed E-state index contributed by atoms with van der Waals surface area (Å²) in [6.07, 6.45) is 4.22. The number of rotatable bonds is 4. The van der Waals surface area contributed by atoms with Crippen LogP contribution in [0.3, 0.4) is 0 Å². The SMILES string of the molecule is O=C(CNC1(CO)CCCC1)N1CCOCC1. The molecule has 1 aliphatic heterocycles. The predicted octanol–water partition coefficient (Wildman–Crippen LogP) is -0.260. The van der Waals surface area contributed by atoms with Gasteiger partial charge in [-0.2, -0.15) is 0 Å². The normalized spacial score (nSPS) is 23.9. The van der Waals surface area contributed by atoms with Crippen LogP contribution in [0.2, 0.25) is 0 Å². The van der Waals surface area contributed by atoms with E-state index in [1.165, 1.54) is 0 Å². The zero-order valence-corrected chi connectivity index (χ0v) is 10.3. The number of amides is 1. The van der Waals surface area contributed by atoms with Crippen LogP contribution < -0.4 is 5.32 Å². The highest BCUT2D eigenvalue weighted by atomic mass is 16.5. The van der Waals surface area contributed by atoms with Crippen molar-refractivity contribution in [1.29, 1.82) is 0 Å². The molecule has 0 spiro atoms. The Morgan fingerprint density at radius 1 is 1.29 bits per heavy atom. The van der Waals surface area contributed by atoms with E-state index in [4.69, 9.17) is 4.74 Å². The van der Waals surface area contributed by atoms with E-state index in [0.29, 0.717) is 32.8 Å². The molecule has 2 aliphatic rings. The minimum atomic E-state index is -0.206. The van der Waals surface area contributed by atoms with E-state index < -0.39 is 0 Å². The van der Waals surface area contributed by atoms with E-state index in [2.05, 4.69) is 5.32 Å². The maximum atomic E-state index is 11.9. The van der Waals surface area contributed by atoms with Crippen molar-refractivity contribution in [1.82, 2.24) is 10.2 Å². The molecule has 0 aromatic carbocycles. The largest absolute Gasteiger partial charge is 0.394 e. The van der Waals surface area contributed by atoms with Crippen LogP contribution in [0.15, 0.2) is 0 Å². The summed E-state index contributed by atoms with van der Waals surface area (Å²) in [7, 11) is 0. The van der Waals surface area contributed by atoms with Crippen molar-refractivity contribution >= 4 is 5.91 Å². The summed E-state index contributed by atoms with van der Waals surface area (Å²) in [5.41, 5.74) is -0.206. The fourth-order valence-corrected chi connectivity index (χ4v) is 2.63. The Balaban J connectivity index is 1.78. The molecule has 2 fully saturated rings. The lowest BCUT2D eigenvalue weighted by molar-refractivity contribution is -0.134. The molecule has 1 amide bonds. The van der Waals surface area contributed by atoms with Gasteiger partial charge in [-0.15, -0.1) is 0 Å². The number of nitrogens with zero attached hydrogens (tertiary/aromatic N) is 1. The molecule has 2 rings (SSSR count). The van der Waals surface area contributed by atoms with E-state index in [9.17, 15) is 9.90 Å².